The van der Waals surface area contributed by atoms with Crippen LogP contribution in [0, 0.1) is 0 Å². The maximum atomic E-state index is 12.1. The predicted octanol–water partition coefficient (Wildman–Crippen LogP) is 1.75. The number of nitrogens with two attached hydrogens (primary N) is 1. The van der Waals surface area contributed by atoms with E-state index in [0.717, 1.165) is 0 Å². The van der Waals surface area contributed by atoms with Crippen LogP contribution in [-0.4, -0.2) is 16.8 Å². The molecule has 1 aromatic heterocycles. The van der Waals surface area contributed by atoms with Crippen molar-refractivity contribution < 1.29 is 9.59 Å². The zero-order chi connectivity index (χ0) is 15.2. The zero-order valence-corrected chi connectivity index (χ0v) is 11.6. The van der Waals surface area contributed by atoms with Crippen LogP contribution < -0.4 is 16.4 Å². The third-order valence-electron chi connectivity index (χ3n) is 2.73. The van der Waals surface area contributed by atoms with E-state index in [1.807, 2.05) is 0 Å². The molecule has 0 radical (unpaired) electrons. The molecule has 1 heterocycles. The Bertz CT molecular complexity index is 670. The highest BCUT2D eigenvalue weighted by Gasteiger charge is 2.07. The van der Waals surface area contributed by atoms with Crippen LogP contribution in [0.3, 0.4) is 0 Å². The Hall–Kier alpha value is -2.73. The molecule has 2 amide bonds. The molecule has 0 aliphatic heterocycles. The van der Waals surface area contributed by atoms with E-state index in [9.17, 15) is 9.59 Å². The summed E-state index contributed by atoms with van der Waals surface area (Å²) in [5.74, 6) is -0.424. The second-order valence-electron chi connectivity index (χ2n) is 4.46. The van der Waals surface area contributed by atoms with Crippen molar-refractivity contribution in [3.63, 3.8) is 0 Å². The minimum absolute atomic E-state index is 0.166. The lowest BCUT2D eigenvalue weighted by atomic mass is 10.2. The lowest BCUT2D eigenvalue weighted by molar-refractivity contribution is -0.114. The number of nitrogens with one attached hydrogen (secondary N) is 2. The first kappa shape index (κ1) is 14.7. The van der Waals surface area contributed by atoms with E-state index in [1.165, 1.54) is 6.92 Å². The average Bonchev–Trinajstić information content (AvgIpc) is 2.47. The quantitative estimate of drug-likeness (QED) is 0.796. The van der Waals surface area contributed by atoms with Crippen molar-refractivity contribution in [1.29, 1.82) is 0 Å². The van der Waals surface area contributed by atoms with Crippen LogP contribution in [0.2, 0.25) is 0 Å². The normalized spacial score (nSPS) is 10.0. The molecule has 2 rings (SSSR count). The molecule has 0 saturated heterocycles. The highest BCUT2D eigenvalue weighted by Crippen LogP contribution is 2.16. The van der Waals surface area contributed by atoms with Crippen LogP contribution >= 0.6 is 0 Å². The first-order valence-electron chi connectivity index (χ1n) is 6.42. The number of carbonyl (C=O) groups is 2. The number of amides is 2. The van der Waals surface area contributed by atoms with Crippen molar-refractivity contribution >= 4 is 23.2 Å². The van der Waals surface area contributed by atoms with Gasteiger partial charge in [0.2, 0.25) is 5.91 Å². The number of pyridine rings is 1. The number of carbonyl (C=O) groups excluding carboxylic acids is 2. The van der Waals surface area contributed by atoms with Crippen LogP contribution in [0.15, 0.2) is 42.6 Å². The van der Waals surface area contributed by atoms with Crippen molar-refractivity contribution in [2.45, 2.75) is 13.5 Å². The third-order valence-corrected chi connectivity index (χ3v) is 2.73. The number of benzene rings is 1. The molecule has 0 aliphatic carbocycles. The first-order chi connectivity index (χ1) is 10.1. The summed E-state index contributed by atoms with van der Waals surface area (Å²) in [5, 5.41) is 5.42. The van der Waals surface area contributed by atoms with Gasteiger partial charge in [0.15, 0.2) is 0 Å². The summed E-state index contributed by atoms with van der Waals surface area (Å²) in [6.07, 6.45) is 1.55. The molecule has 4 N–H and O–H groups in total. The molecule has 21 heavy (non-hydrogen) atoms. The second kappa shape index (κ2) is 6.62. The SMILES string of the molecule is CC(=O)Nc1cccc(NC(=O)c2ccnc(CN)c2)c1. The van der Waals surface area contributed by atoms with E-state index in [1.54, 1.807) is 42.6 Å². The first-order valence-corrected chi connectivity index (χ1v) is 6.42. The van der Waals surface area contributed by atoms with Crippen LogP contribution in [0.5, 0.6) is 0 Å². The summed E-state index contributed by atoms with van der Waals surface area (Å²) in [6, 6.07) is 10.2. The molecule has 6 nitrogen and oxygen atoms in total. The highest BCUT2D eigenvalue weighted by molar-refractivity contribution is 6.04. The Kier molecular flexibility index (Phi) is 4.63. The fourth-order valence-corrected chi connectivity index (χ4v) is 1.81. The summed E-state index contributed by atoms with van der Waals surface area (Å²) in [7, 11) is 0. The fraction of sp³-hybridized carbons (Fsp3) is 0.133. The van der Waals surface area contributed by atoms with Gasteiger partial charge in [0, 0.05) is 36.6 Å². The number of anilines is 2. The molecule has 6 heteroatoms. The van der Waals surface area contributed by atoms with Gasteiger partial charge in [0.1, 0.15) is 0 Å². The maximum Gasteiger partial charge on any atom is 0.255 e. The van der Waals surface area contributed by atoms with Gasteiger partial charge in [0.25, 0.3) is 5.91 Å². The number of rotatable bonds is 4. The van der Waals surface area contributed by atoms with E-state index in [0.29, 0.717) is 22.6 Å². The molecule has 2 aromatic rings. The van der Waals surface area contributed by atoms with E-state index >= 15 is 0 Å². The fourth-order valence-electron chi connectivity index (χ4n) is 1.81. The Morgan fingerprint density at radius 1 is 1.14 bits per heavy atom. The smallest absolute Gasteiger partial charge is 0.255 e. The summed E-state index contributed by atoms with van der Waals surface area (Å²) >= 11 is 0. The maximum absolute atomic E-state index is 12.1. The summed E-state index contributed by atoms with van der Waals surface area (Å²) in [4.78, 5) is 27.2. The Morgan fingerprint density at radius 3 is 2.52 bits per heavy atom. The van der Waals surface area contributed by atoms with Crippen molar-refractivity contribution in [1.82, 2.24) is 4.98 Å². The van der Waals surface area contributed by atoms with Crippen molar-refractivity contribution in [3.05, 3.63) is 53.9 Å². The van der Waals surface area contributed by atoms with Crippen LogP contribution in [0.4, 0.5) is 11.4 Å². The summed E-state index contributed by atoms with van der Waals surface area (Å²) in [5.41, 5.74) is 7.85. The van der Waals surface area contributed by atoms with Gasteiger partial charge in [-0.3, -0.25) is 14.6 Å². The average molecular weight is 284 g/mol. The molecule has 0 unspecified atom stereocenters. The van der Waals surface area contributed by atoms with Gasteiger partial charge in [-0.25, -0.2) is 0 Å². The van der Waals surface area contributed by atoms with Crippen LogP contribution in [0.1, 0.15) is 23.0 Å². The summed E-state index contributed by atoms with van der Waals surface area (Å²) < 4.78 is 0. The molecular formula is C15H16N4O2. The molecule has 0 saturated carbocycles. The highest BCUT2D eigenvalue weighted by atomic mass is 16.2. The van der Waals surface area contributed by atoms with E-state index in [2.05, 4.69) is 15.6 Å². The molecule has 108 valence electrons. The van der Waals surface area contributed by atoms with Crippen LogP contribution in [0.25, 0.3) is 0 Å². The van der Waals surface area contributed by atoms with E-state index in [-0.39, 0.29) is 18.4 Å². The Balaban J connectivity index is 2.13. The third kappa shape index (κ3) is 4.12. The Labute approximate surface area is 122 Å². The zero-order valence-electron chi connectivity index (χ0n) is 11.6. The minimum Gasteiger partial charge on any atom is -0.326 e. The molecule has 0 aliphatic rings. The monoisotopic (exact) mass is 284 g/mol. The lowest BCUT2D eigenvalue weighted by Gasteiger charge is -2.08. The Morgan fingerprint density at radius 2 is 1.86 bits per heavy atom. The summed E-state index contributed by atoms with van der Waals surface area (Å²) in [6.45, 7) is 1.70. The second-order valence-corrected chi connectivity index (χ2v) is 4.46. The minimum atomic E-state index is -0.257. The standard InChI is InChI=1S/C15H16N4O2/c1-10(20)18-12-3-2-4-13(8-12)19-15(21)11-5-6-17-14(7-11)9-16/h2-8H,9,16H2,1H3,(H,18,20)(H,19,21). The van der Waals surface area contributed by atoms with E-state index in [4.69, 9.17) is 5.73 Å². The van der Waals surface area contributed by atoms with Gasteiger partial charge in [-0.05, 0) is 30.3 Å². The van der Waals surface area contributed by atoms with Gasteiger partial charge in [-0.1, -0.05) is 6.07 Å². The molecule has 1 aromatic carbocycles. The number of aromatic nitrogens is 1. The molecule has 0 fully saturated rings. The molecule has 0 bridgehead atoms. The molecule has 0 spiro atoms. The van der Waals surface area contributed by atoms with Gasteiger partial charge < -0.3 is 16.4 Å². The molecule has 0 atom stereocenters. The van der Waals surface area contributed by atoms with Gasteiger partial charge in [-0.15, -0.1) is 0 Å². The van der Waals surface area contributed by atoms with E-state index < -0.39 is 0 Å². The van der Waals surface area contributed by atoms with Gasteiger partial charge >= 0.3 is 0 Å². The number of hydrogen-bond acceptors (Lipinski definition) is 4. The van der Waals surface area contributed by atoms with Crippen molar-refractivity contribution in [2.24, 2.45) is 5.73 Å². The van der Waals surface area contributed by atoms with Gasteiger partial charge in [-0.2, -0.15) is 0 Å². The lowest BCUT2D eigenvalue weighted by Crippen LogP contribution is -2.13. The topological polar surface area (TPSA) is 97.1 Å². The van der Waals surface area contributed by atoms with Crippen molar-refractivity contribution in [2.75, 3.05) is 10.6 Å². The largest absolute Gasteiger partial charge is 0.326 e. The van der Waals surface area contributed by atoms with Crippen molar-refractivity contribution in [3.8, 4) is 0 Å². The number of hydrogen-bond donors (Lipinski definition) is 3. The molecular weight excluding hydrogens is 268 g/mol. The van der Waals surface area contributed by atoms with Crippen LogP contribution in [-0.2, 0) is 11.3 Å². The van der Waals surface area contributed by atoms with Gasteiger partial charge in [0.05, 0.1) is 5.69 Å². The predicted molar refractivity (Wildman–Crippen MR) is 80.8 cm³/mol. The number of nitrogens with zero attached hydrogens (tertiary/aromatic N) is 1.